The Kier molecular flexibility index (Phi) is 6.12. The molecule has 0 radical (unpaired) electrons. The number of ether oxygens (including phenoxy) is 2. The second kappa shape index (κ2) is 8.72. The summed E-state index contributed by atoms with van der Waals surface area (Å²) in [6, 6.07) is 8.66. The number of hydrogen-bond donors (Lipinski definition) is 1. The average Bonchev–Trinajstić information content (AvgIpc) is 3.18. The van der Waals surface area contributed by atoms with Gasteiger partial charge in [-0.15, -0.1) is 0 Å². The van der Waals surface area contributed by atoms with Gasteiger partial charge in [0.15, 0.2) is 0 Å². The Bertz CT molecular complexity index is 677. The number of urea groups is 1. The summed E-state index contributed by atoms with van der Waals surface area (Å²) in [6.45, 7) is 2.55. The summed E-state index contributed by atoms with van der Waals surface area (Å²) >= 11 is 0. The molecule has 2 aliphatic heterocycles. The molecular weight excluding hydrogens is 354 g/mol. The summed E-state index contributed by atoms with van der Waals surface area (Å²) in [4.78, 5) is 38.3. The Morgan fingerprint density at radius 3 is 2.37 bits per heavy atom. The summed E-state index contributed by atoms with van der Waals surface area (Å²) < 4.78 is 10.5. The number of carbonyl (C=O) groups excluding carboxylic acids is 2. The number of morpholine rings is 1. The zero-order valence-corrected chi connectivity index (χ0v) is 15.0. The number of nitrogens with zero attached hydrogens (tertiary/aromatic N) is 3. The van der Waals surface area contributed by atoms with Gasteiger partial charge >= 0.3 is 18.1 Å². The van der Waals surface area contributed by atoms with Crippen LogP contribution >= 0.6 is 0 Å². The molecule has 2 saturated heterocycles. The molecule has 9 nitrogen and oxygen atoms in total. The molecular formula is C18H23N3O6. The van der Waals surface area contributed by atoms with Gasteiger partial charge in [-0.1, -0.05) is 30.3 Å². The van der Waals surface area contributed by atoms with Crippen LogP contribution in [0.3, 0.4) is 0 Å². The van der Waals surface area contributed by atoms with Crippen molar-refractivity contribution in [3.05, 3.63) is 35.9 Å². The van der Waals surface area contributed by atoms with E-state index < -0.39 is 18.2 Å². The lowest BCUT2D eigenvalue weighted by atomic mass is 10.1. The van der Waals surface area contributed by atoms with E-state index in [1.807, 2.05) is 6.07 Å². The third-order valence-corrected chi connectivity index (χ3v) is 4.53. The lowest BCUT2D eigenvalue weighted by molar-refractivity contribution is -0.147. The molecule has 27 heavy (non-hydrogen) atoms. The predicted octanol–water partition coefficient (Wildman–Crippen LogP) is 1.19. The first-order chi connectivity index (χ1) is 13.1. The Morgan fingerprint density at radius 2 is 1.70 bits per heavy atom. The fraction of sp³-hybridized carbons (Fsp3) is 0.500. The number of amides is 3. The zero-order valence-electron chi connectivity index (χ0n) is 15.0. The molecule has 1 atom stereocenters. The largest absolute Gasteiger partial charge is 0.478 e. The molecule has 2 fully saturated rings. The van der Waals surface area contributed by atoms with Gasteiger partial charge in [0.05, 0.1) is 13.2 Å². The quantitative estimate of drug-likeness (QED) is 0.846. The van der Waals surface area contributed by atoms with Gasteiger partial charge < -0.3 is 19.5 Å². The van der Waals surface area contributed by atoms with E-state index in [1.54, 1.807) is 29.2 Å². The van der Waals surface area contributed by atoms with Crippen molar-refractivity contribution in [3.63, 3.8) is 0 Å². The van der Waals surface area contributed by atoms with Crippen LogP contribution in [0.25, 0.3) is 0 Å². The van der Waals surface area contributed by atoms with Gasteiger partial charge in [-0.2, -0.15) is 0 Å². The molecule has 1 aromatic carbocycles. The Balaban J connectivity index is 1.63. The van der Waals surface area contributed by atoms with Crippen LogP contribution in [0.4, 0.5) is 9.59 Å². The molecule has 0 aliphatic carbocycles. The summed E-state index contributed by atoms with van der Waals surface area (Å²) in [6.07, 6.45) is -1.47. The zero-order chi connectivity index (χ0) is 19.2. The molecule has 3 amide bonds. The molecule has 2 heterocycles. The van der Waals surface area contributed by atoms with Crippen LogP contribution in [-0.2, 0) is 20.7 Å². The lowest BCUT2D eigenvalue weighted by Gasteiger charge is -2.34. The van der Waals surface area contributed by atoms with Crippen molar-refractivity contribution in [1.29, 1.82) is 0 Å². The average molecular weight is 377 g/mol. The maximum Gasteiger partial charge on any atom is 0.429 e. The van der Waals surface area contributed by atoms with Crippen molar-refractivity contribution in [2.45, 2.75) is 18.9 Å². The van der Waals surface area contributed by atoms with Crippen molar-refractivity contribution >= 4 is 18.1 Å². The molecule has 0 aromatic heterocycles. The topological polar surface area (TPSA) is 99.6 Å². The number of benzene rings is 1. The van der Waals surface area contributed by atoms with Crippen LogP contribution in [-0.4, -0.2) is 83.6 Å². The standard InChI is InChI=1S/C18H23N3O6/c22-16(23)15(13-14-5-2-1-3-6-14)27-18(25)21-8-4-7-20(21)17(24)19-9-11-26-12-10-19/h1-3,5-6,15H,4,7-13H2,(H,22,23). The molecule has 0 bridgehead atoms. The van der Waals surface area contributed by atoms with E-state index in [1.165, 1.54) is 10.0 Å². The summed E-state index contributed by atoms with van der Waals surface area (Å²) in [5, 5.41) is 11.9. The number of carboxylic acid groups (broad SMARTS) is 1. The smallest absolute Gasteiger partial charge is 0.429 e. The second-order valence-electron chi connectivity index (χ2n) is 6.38. The van der Waals surface area contributed by atoms with Crippen molar-refractivity contribution in [2.75, 3.05) is 39.4 Å². The molecule has 9 heteroatoms. The first-order valence-electron chi connectivity index (χ1n) is 8.95. The van der Waals surface area contributed by atoms with Crippen LogP contribution in [0, 0.1) is 0 Å². The van der Waals surface area contributed by atoms with Gasteiger partial charge in [0.2, 0.25) is 6.10 Å². The predicted molar refractivity (Wildman–Crippen MR) is 93.9 cm³/mol. The van der Waals surface area contributed by atoms with Gasteiger partial charge in [0.1, 0.15) is 0 Å². The van der Waals surface area contributed by atoms with Crippen molar-refractivity contribution in [3.8, 4) is 0 Å². The van der Waals surface area contributed by atoms with Gasteiger partial charge in [-0.25, -0.2) is 24.4 Å². The maximum absolute atomic E-state index is 12.7. The molecule has 2 aliphatic rings. The SMILES string of the molecule is O=C(O)C(Cc1ccccc1)OC(=O)N1CCCN1C(=O)N1CCOCC1. The highest BCUT2D eigenvalue weighted by molar-refractivity contribution is 5.81. The fourth-order valence-electron chi connectivity index (χ4n) is 3.11. The number of hydrazine groups is 1. The fourth-order valence-corrected chi connectivity index (χ4v) is 3.11. The van der Waals surface area contributed by atoms with Crippen LogP contribution in [0.2, 0.25) is 0 Å². The van der Waals surface area contributed by atoms with Crippen LogP contribution in [0.15, 0.2) is 30.3 Å². The number of aliphatic carboxylic acids is 1. The monoisotopic (exact) mass is 377 g/mol. The van der Waals surface area contributed by atoms with Crippen molar-refractivity contribution < 1.29 is 29.0 Å². The number of hydrogen-bond acceptors (Lipinski definition) is 5. The van der Waals surface area contributed by atoms with E-state index in [9.17, 15) is 19.5 Å². The molecule has 1 N–H and O–H groups in total. The molecule has 1 unspecified atom stereocenters. The number of rotatable bonds is 4. The molecule has 1 aromatic rings. The van der Waals surface area contributed by atoms with Gasteiger partial charge in [0, 0.05) is 32.6 Å². The van der Waals surface area contributed by atoms with Crippen LogP contribution < -0.4 is 0 Å². The summed E-state index contributed by atoms with van der Waals surface area (Å²) in [5.74, 6) is -1.22. The van der Waals surface area contributed by atoms with E-state index >= 15 is 0 Å². The highest BCUT2D eigenvalue weighted by Gasteiger charge is 2.36. The van der Waals surface area contributed by atoms with Crippen LogP contribution in [0.1, 0.15) is 12.0 Å². The maximum atomic E-state index is 12.7. The minimum atomic E-state index is -1.32. The highest BCUT2D eigenvalue weighted by Crippen LogP contribution is 2.17. The lowest BCUT2D eigenvalue weighted by Crippen LogP contribution is -2.54. The minimum Gasteiger partial charge on any atom is -0.478 e. The van der Waals surface area contributed by atoms with E-state index in [4.69, 9.17) is 9.47 Å². The Labute approximate surface area is 157 Å². The normalized spacial score (nSPS) is 18.3. The van der Waals surface area contributed by atoms with Crippen LogP contribution in [0.5, 0.6) is 0 Å². The molecule has 146 valence electrons. The van der Waals surface area contributed by atoms with Gasteiger partial charge in [-0.3, -0.25) is 0 Å². The van der Waals surface area contributed by atoms with Crippen molar-refractivity contribution in [1.82, 2.24) is 14.9 Å². The molecule has 3 rings (SSSR count). The van der Waals surface area contributed by atoms with Crippen molar-refractivity contribution in [2.24, 2.45) is 0 Å². The summed E-state index contributed by atoms with van der Waals surface area (Å²) in [7, 11) is 0. The minimum absolute atomic E-state index is 0.0627. The molecule has 0 saturated carbocycles. The molecule has 0 spiro atoms. The Hall–Kier alpha value is -2.81. The Morgan fingerprint density at radius 1 is 1.04 bits per heavy atom. The number of carboxylic acids is 1. The summed E-state index contributed by atoms with van der Waals surface area (Å²) in [5.41, 5.74) is 0.750. The van der Waals surface area contributed by atoms with Gasteiger partial charge in [0.25, 0.3) is 0 Å². The first kappa shape index (κ1) is 19.0. The first-order valence-corrected chi connectivity index (χ1v) is 8.95. The van der Waals surface area contributed by atoms with E-state index in [0.29, 0.717) is 45.8 Å². The van der Waals surface area contributed by atoms with E-state index in [2.05, 4.69) is 0 Å². The third-order valence-electron chi connectivity index (χ3n) is 4.53. The number of carbonyl (C=O) groups is 3. The van der Waals surface area contributed by atoms with E-state index in [0.717, 1.165) is 5.56 Å². The van der Waals surface area contributed by atoms with Gasteiger partial charge in [-0.05, 0) is 12.0 Å². The second-order valence-corrected chi connectivity index (χ2v) is 6.38. The highest BCUT2D eigenvalue weighted by atomic mass is 16.6. The third kappa shape index (κ3) is 4.68. The van der Waals surface area contributed by atoms with E-state index in [-0.39, 0.29) is 12.5 Å².